The Labute approximate surface area is 173 Å². The molecule has 2 aromatic rings. The molecule has 150 valence electrons. The van der Waals surface area contributed by atoms with Crippen LogP contribution in [0.15, 0.2) is 57.9 Å². The molecule has 7 nitrogen and oxygen atoms in total. The first-order valence-electron chi connectivity index (χ1n) is 8.40. The first kappa shape index (κ1) is 22.1. The normalized spacial score (nSPS) is 11.3. The fraction of sp³-hybridized carbons (Fsp3) is 0.263. The number of sulfonamides is 1. The smallest absolute Gasteiger partial charge is 0.243 e. The van der Waals surface area contributed by atoms with Crippen LogP contribution in [0.5, 0.6) is 0 Å². The lowest BCUT2D eigenvalue weighted by molar-refractivity contribution is -0.128. The quantitative estimate of drug-likeness (QED) is 0.676. The molecule has 2 aromatic carbocycles. The fourth-order valence-corrected chi connectivity index (χ4v) is 3.70. The summed E-state index contributed by atoms with van der Waals surface area (Å²) in [6, 6.07) is 13.1. The first-order chi connectivity index (χ1) is 13.1. The molecule has 0 atom stereocenters. The third-order valence-corrected chi connectivity index (χ3v) is 6.33. The average molecular weight is 468 g/mol. The summed E-state index contributed by atoms with van der Waals surface area (Å²) in [6.45, 7) is -0.320. The molecule has 0 unspecified atom stereocenters. The Balaban J connectivity index is 1.97. The van der Waals surface area contributed by atoms with E-state index in [1.165, 1.54) is 24.1 Å². The number of carbonyl (C=O) groups excluding carboxylic acids is 2. The van der Waals surface area contributed by atoms with E-state index in [0.29, 0.717) is 5.69 Å². The molecular formula is C19H22BrN3O4S. The number of hydrogen-bond acceptors (Lipinski definition) is 4. The van der Waals surface area contributed by atoms with Crippen LogP contribution < -0.4 is 5.32 Å². The molecule has 2 amide bonds. The maximum atomic E-state index is 12.5. The van der Waals surface area contributed by atoms with Crippen molar-refractivity contribution in [3.63, 3.8) is 0 Å². The van der Waals surface area contributed by atoms with E-state index in [4.69, 9.17) is 0 Å². The predicted molar refractivity (Wildman–Crippen MR) is 111 cm³/mol. The van der Waals surface area contributed by atoms with Crippen molar-refractivity contribution in [2.75, 3.05) is 33.0 Å². The Morgan fingerprint density at radius 2 is 1.54 bits per heavy atom. The second-order valence-corrected chi connectivity index (χ2v) is 9.39. The van der Waals surface area contributed by atoms with Crippen LogP contribution >= 0.6 is 15.9 Å². The van der Waals surface area contributed by atoms with Gasteiger partial charge in [0.1, 0.15) is 0 Å². The van der Waals surface area contributed by atoms with Crippen LogP contribution in [0.2, 0.25) is 0 Å². The molecule has 9 heteroatoms. The highest BCUT2D eigenvalue weighted by Crippen LogP contribution is 2.18. The van der Waals surface area contributed by atoms with Gasteiger partial charge in [-0.05, 0) is 42.0 Å². The minimum atomic E-state index is -3.76. The van der Waals surface area contributed by atoms with Crippen molar-refractivity contribution in [3.8, 4) is 0 Å². The number of rotatable bonds is 7. The zero-order chi connectivity index (χ0) is 20.9. The van der Waals surface area contributed by atoms with Crippen molar-refractivity contribution in [2.45, 2.75) is 11.3 Å². The van der Waals surface area contributed by atoms with Crippen molar-refractivity contribution in [2.24, 2.45) is 0 Å². The number of halogens is 1. The van der Waals surface area contributed by atoms with Gasteiger partial charge in [-0.15, -0.1) is 0 Å². The molecule has 1 N–H and O–H groups in total. The summed E-state index contributed by atoms with van der Waals surface area (Å²) in [5.41, 5.74) is 1.35. The number of amides is 2. The maximum Gasteiger partial charge on any atom is 0.243 e. The lowest BCUT2D eigenvalue weighted by Gasteiger charge is -2.17. The maximum absolute atomic E-state index is 12.5. The number of nitrogens with zero attached hydrogens (tertiary/aromatic N) is 2. The largest absolute Gasteiger partial charge is 0.349 e. The van der Waals surface area contributed by atoms with Crippen LogP contribution in [-0.4, -0.2) is 57.1 Å². The number of carbonyl (C=O) groups is 2. The molecule has 28 heavy (non-hydrogen) atoms. The van der Waals surface area contributed by atoms with Gasteiger partial charge in [-0.1, -0.05) is 28.1 Å². The predicted octanol–water partition coefficient (Wildman–Crippen LogP) is 2.34. The van der Waals surface area contributed by atoms with Crippen LogP contribution in [-0.2, 0) is 26.0 Å². The van der Waals surface area contributed by atoms with E-state index < -0.39 is 15.9 Å². The molecule has 0 bridgehead atoms. The molecular weight excluding hydrogens is 446 g/mol. The molecule has 2 rings (SSSR count). The van der Waals surface area contributed by atoms with E-state index in [-0.39, 0.29) is 23.8 Å². The van der Waals surface area contributed by atoms with Gasteiger partial charge in [-0.3, -0.25) is 9.59 Å². The zero-order valence-electron chi connectivity index (χ0n) is 15.8. The van der Waals surface area contributed by atoms with E-state index in [0.717, 1.165) is 14.3 Å². The number of benzene rings is 2. The monoisotopic (exact) mass is 467 g/mol. The first-order valence-corrected chi connectivity index (χ1v) is 10.6. The summed E-state index contributed by atoms with van der Waals surface area (Å²) in [5, 5.41) is 2.66. The molecule has 0 aromatic heterocycles. The third-order valence-electron chi connectivity index (χ3n) is 3.98. The van der Waals surface area contributed by atoms with E-state index in [1.54, 1.807) is 50.5 Å². The minimum Gasteiger partial charge on any atom is -0.349 e. The molecule has 0 aliphatic rings. The zero-order valence-corrected chi connectivity index (χ0v) is 18.2. The standard InChI is InChI=1S/C19H22BrN3O4S/c1-22(2)19(25)12-14-4-8-16(9-5-14)21-18(24)13-23(3)28(26,27)17-10-6-15(20)7-11-17/h4-11H,12-13H2,1-3H3,(H,21,24). The molecule has 0 saturated carbocycles. The van der Waals surface area contributed by atoms with Gasteiger partial charge >= 0.3 is 0 Å². The summed E-state index contributed by atoms with van der Waals surface area (Å²) in [6.07, 6.45) is 0.273. The summed E-state index contributed by atoms with van der Waals surface area (Å²) in [7, 11) is 0.973. The van der Waals surface area contributed by atoms with Crippen LogP contribution in [0.3, 0.4) is 0 Å². The topological polar surface area (TPSA) is 86.8 Å². The van der Waals surface area contributed by atoms with Crippen LogP contribution in [0.4, 0.5) is 5.69 Å². The van der Waals surface area contributed by atoms with Gasteiger partial charge in [0.25, 0.3) is 0 Å². The molecule has 0 radical (unpaired) electrons. The third kappa shape index (κ3) is 5.88. The van der Waals surface area contributed by atoms with Crippen molar-refractivity contribution in [1.82, 2.24) is 9.21 Å². The van der Waals surface area contributed by atoms with Gasteiger partial charge in [-0.2, -0.15) is 4.31 Å². The van der Waals surface area contributed by atoms with Crippen LogP contribution in [0, 0.1) is 0 Å². The number of anilines is 1. The van der Waals surface area contributed by atoms with Gasteiger partial charge in [-0.25, -0.2) is 8.42 Å². The van der Waals surface area contributed by atoms with Gasteiger partial charge in [0.2, 0.25) is 21.8 Å². The van der Waals surface area contributed by atoms with E-state index in [9.17, 15) is 18.0 Å². The minimum absolute atomic E-state index is 0.0171. The summed E-state index contributed by atoms with van der Waals surface area (Å²) in [5.74, 6) is -0.475. The highest BCUT2D eigenvalue weighted by molar-refractivity contribution is 9.10. The van der Waals surface area contributed by atoms with Crippen molar-refractivity contribution < 1.29 is 18.0 Å². The van der Waals surface area contributed by atoms with Crippen LogP contribution in [0.25, 0.3) is 0 Å². The lowest BCUT2D eigenvalue weighted by Crippen LogP contribution is -2.34. The number of likely N-dealkylation sites (N-methyl/N-ethyl adjacent to an activating group) is 2. The molecule has 0 aliphatic heterocycles. The Kier molecular flexibility index (Phi) is 7.34. The number of hydrogen-bond donors (Lipinski definition) is 1. The number of nitrogens with one attached hydrogen (secondary N) is 1. The molecule has 0 heterocycles. The van der Waals surface area contributed by atoms with Gasteiger partial charge in [0, 0.05) is 31.3 Å². The van der Waals surface area contributed by atoms with Crippen molar-refractivity contribution in [1.29, 1.82) is 0 Å². The summed E-state index contributed by atoms with van der Waals surface area (Å²) in [4.78, 5) is 25.6. The van der Waals surface area contributed by atoms with E-state index in [2.05, 4.69) is 21.2 Å². The van der Waals surface area contributed by atoms with Crippen molar-refractivity contribution >= 4 is 43.5 Å². The molecule has 0 spiro atoms. The highest BCUT2D eigenvalue weighted by atomic mass is 79.9. The average Bonchev–Trinajstić information content (AvgIpc) is 2.63. The molecule has 0 aliphatic carbocycles. The van der Waals surface area contributed by atoms with Gasteiger partial charge < -0.3 is 10.2 Å². The Bertz CT molecular complexity index is 942. The van der Waals surface area contributed by atoms with E-state index >= 15 is 0 Å². The SMILES string of the molecule is CN(C)C(=O)Cc1ccc(NC(=O)CN(C)S(=O)(=O)c2ccc(Br)cc2)cc1. The Morgan fingerprint density at radius 1 is 0.964 bits per heavy atom. The van der Waals surface area contributed by atoms with Crippen LogP contribution in [0.1, 0.15) is 5.56 Å². The van der Waals surface area contributed by atoms with Crippen molar-refractivity contribution in [3.05, 3.63) is 58.6 Å². The Morgan fingerprint density at radius 3 is 2.07 bits per heavy atom. The highest BCUT2D eigenvalue weighted by Gasteiger charge is 2.22. The second kappa shape index (κ2) is 9.31. The molecule has 0 fully saturated rings. The van der Waals surface area contributed by atoms with Gasteiger partial charge in [0.15, 0.2) is 0 Å². The molecule has 0 saturated heterocycles. The Hall–Kier alpha value is -2.23. The van der Waals surface area contributed by atoms with E-state index in [1.807, 2.05) is 0 Å². The van der Waals surface area contributed by atoms with Gasteiger partial charge in [0.05, 0.1) is 17.9 Å². The fourth-order valence-electron chi connectivity index (χ4n) is 2.31. The summed E-state index contributed by atoms with van der Waals surface area (Å²) >= 11 is 3.26. The summed E-state index contributed by atoms with van der Waals surface area (Å²) < 4.78 is 26.8. The lowest BCUT2D eigenvalue weighted by atomic mass is 10.1. The second-order valence-electron chi connectivity index (χ2n) is 6.43.